The highest BCUT2D eigenvalue weighted by Gasteiger charge is 2.17. The first-order valence-electron chi connectivity index (χ1n) is 5.41. The number of carboxylic acid groups (broad SMARTS) is 1. The number of hydrogen-bond acceptors (Lipinski definition) is 6. The van der Waals surface area contributed by atoms with Crippen LogP contribution in [0.5, 0.6) is 0 Å². The quantitative estimate of drug-likeness (QED) is 0.800. The first kappa shape index (κ1) is 14.3. The van der Waals surface area contributed by atoms with Crippen molar-refractivity contribution in [3.8, 4) is 6.07 Å². The minimum Gasteiger partial charge on any atom is -0.480 e. The minimum absolute atomic E-state index is 0.282. The van der Waals surface area contributed by atoms with Crippen molar-refractivity contribution in [2.75, 3.05) is 5.32 Å². The molecule has 0 aliphatic heterocycles. The van der Waals surface area contributed by atoms with Crippen molar-refractivity contribution in [2.24, 2.45) is 5.73 Å². The Morgan fingerprint density at radius 2 is 2.35 bits per heavy atom. The van der Waals surface area contributed by atoms with Crippen LogP contribution in [0.3, 0.4) is 0 Å². The Morgan fingerprint density at radius 3 is 2.95 bits per heavy atom. The molecule has 0 spiro atoms. The second kappa shape index (κ2) is 5.88. The number of thiazole rings is 1. The first-order valence-corrected chi connectivity index (χ1v) is 6.67. The van der Waals surface area contributed by atoms with E-state index in [1.807, 2.05) is 6.07 Å². The van der Waals surface area contributed by atoms with E-state index in [0.717, 1.165) is 0 Å². The predicted molar refractivity (Wildman–Crippen MR) is 76.1 cm³/mol. The summed E-state index contributed by atoms with van der Waals surface area (Å²) in [5.41, 5.74) is 6.78. The van der Waals surface area contributed by atoms with Crippen molar-refractivity contribution >= 4 is 39.7 Å². The lowest BCUT2D eigenvalue weighted by Gasteiger charge is -2.04. The molecule has 0 bridgehead atoms. The fourth-order valence-electron chi connectivity index (χ4n) is 1.42. The standard InChI is InChI=1S/C12H9ClN4O2S/c13-8-3-7(2-1-6(8)4-14)16-12-17-9(5-20-12)10(15)11(18)19/h1-3,5,10H,15H2,(H,16,17)(H,18,19). The third-order valence-corrected chi connectivity index (χ3v) is 3.54. The predicted octanol–water partition coefficient (Wildman–Crippen LogP) is 2.50. The molecule has 2 aromatic rings. The van der Waals surface area contributed by atoms with Crippen LogP contribution in [0.2, 0.25) is 5.02 Å². The molecular weight excluding hydrogens is 300 g/mol. The molecule has 1 aromatic heterocycles. The average Bonchev–Trinajstić information content (AvgIpc) is 2.86. The monoisotopic (exact) mass is 308 g/mol. The second-order valence-electron chi connectivity index (χ2n) is 3.82. The SMILES string of the molecule is N#Cc1ccc(Nc2nc(C(N)C(=O)O)cs2)cc1Cl. The van der Waals surface area contributed by atoms with Crippen LogP contribution >= 0.6 is 22.9 Å². The number of nitrogens with zero attached hydrogens (tertiary/aromatic N) is 2. The summed E-state index contributed by atoms with van der Waals surface area (Å²) < 4.78 is 0. The molecule has 0 fully saturated rings. The molecule has 102 valence electrons. The third-order valence-electron chi connectivity index (χ3n) is 2.45. The van der Waals surface area contributed by atoms with Gasteiger partial charge in [-0.15, -0.1) is 11.3 Å². The Hall–Kier alpha value is -2.14. The van der Waals surface area contributed by atoms with Gasteiger partial charge < -0.3 is 16.2 Å². The zero-order chi connectivity index (χ0) is 14.7. The smallest absolute Gasteiger partial charge is 0.326 e. The molecule has 1 heterocycles. The second-order valence-corrected chi connectivity index (χ2v) is 5.09. The molecule has 6 nitrogen and oxygen atoms in total. The van der Waals surface area contributed by atoms with Crippen molar-refractivity contribution in [3.63, 3.8) is 0 Å². The zero-order valence-electron chi connectivity index (χ0n) is 10.0. The molecule has 8 heteroatoms. The fourth-order valence-corrected chi connectivity index (χ4v) is 2.41. The third kappa shape index (κ3) is 3.05. The van der Waals surface area contributed by atoms with Crippen LogP contribution in [-0.4, -0.2) is 16.1 Å². The summed E-state index contributed by atoms with van der Waals surface area (Å²) in [6, 6.07) is 5.68. The highest BCUT2D eigenvalue weighted by Crippen LogP contribution is 2.26. The molecule has 1 aromatic carbocycles. The number of carboxylic acids is 1. The van der Waals surface area contributed by atoms with Gasteiger partial charge in [0.2, 0.25) is 0 Å². The molecule has 20 heavy (non-hydrogen) atoms. The van der Waals surface area contributed by atoms with Crippen LogP contribution in [0.25, 0.3) is 0 Å². The maximum absolute atomic E-state index is 10.8. The summed E-state index contributed by atoms with van der Waals surface area (Å²) in [5.74, 6) is -1.14. The van der Waals surface area contributed by atoms with Crippen molar-refractivity contribution in [3.05, 3.63) is 39.9 Å². The van der Waals surface area contributed by atoms with E-state index in [1.54, 1.807) is 23.6 Å². The number of hydrogen-bond donors (Lipinski definition) is 3. The maximum atomic E-state index is 10.8. The summed E-state index contributed by atoms with van der Waals surface area (Å²) in [6.07, 6.45) is 0. The van der Waals surface area contributed by atoms with Crippen molar-refractivity contribution in [1.82, 2.24) is 4.98 Å². The Kier molecular flexibility index (Phi) is 4.20. The number of carbonyl (C=O) groups is 1. The number of anilines is 2. The maximum Gasteiger partial charge on any atom is 0.326 e. The number of nitrogens with two attached hydrogens (primary N) is 1. The van der Waals surface area contributed by atoms with Gasteiger partial charge in [-0.25, -0.2) is 4.98 Å². The van der Waals surface area contributed by atoms with Crippen LogP contribution in [0.15, 0.2) is 23.6 Å². The van der Waals surface area contributed by atoms with E-state index in [1.165, 1.54) is 11.3 Å². The number of nitrogens with one attached hydrogen (secondary N) is 1. The molecule has 0 radical (unpaired) electrons. The van der Waals surface area contributed by atoms with Crippen molar-refractivity contribution < 1.29 is 9.90 Å². The van der Waals surface area contributed by atoms with Gasteiger partial charge >= 0.3 is 5.97 Å². The van der Waals surface area contributed by atoms with Crippen LogP contribution in [-0.2, 0) is 4.79 Å². The number of aliphatic carboxylic acids is 1. The van der Waals surface area contributed by atoms with Gasteiger partial charge in [-0.05, 0) is 18.2 Å². The van der Waals surface area contributed by atoms with E-state index in [2.05, 4.69) is 10.3 Å². The number of rotatable bonds is 4. The molecule has 0 amide bonds. The van der Waals surface area contributed by atoms with E-state index in [9.17, 15) is 4.79 Å². The van der Waals surface area contributed by atoms with Gasteiger partial charge in [0.1, 0.15) is 12.1 Å². The molecule has 1 atom stereocenters. The molecule has 0 aliphatic carbocycles. The summed E-state index contributed by atoms with van der Waals surface area (Å²) in [6.45, 7) is 0. The average molecular weight is 309 g/mol. The van der Waals surface area contributed by atoms with Crippen molar-refractivity contribution in [2.45, 2.75) is 6.04 Å². The first-order chi connectivity index (χ1) is 9.51. The van der Waals surface area contributed by atoms with Gasteiger partial charge in [-0.1, -0.05) is 11.6 Å². The van der Waals surface area contributed by atoms with Gasteiger partial charge in [-0.2, -0.15) is 5.26 Å². The Bertz CT molecular complexity index is 695. The Labute approximate surface area is 123 Å². The molecule has 0 aliphatic rings. The van der Waals surface area contributed by atoms with Crippen LogP contribution in [0, 0.1) is 11.3 Å². The minimum atomic E-state index is -1.15. The molecule has 1 unspecified atom stereocenters. The lowest BCUT2D eigenvalue weighted by atomic mass is 10.2. The van der Waals surface area contributed by atoms with Gasteiger partial charge in [0, 0.05) is 11.1 Å². The van der Waals surface area contributed by atoms with E-state index in [-0.39, 0.29) is 5.69 Å². The number of nitriles is 1. The lowest BCUT2D eigenvalue weighted by molar-refractivity contribution is -0.138. The van der Waals surface area contributed by atoms with Crippen molar-refractivity contribution in [1.29, 1.82) is 5.26 Å². The lowest BCUT2D eigenvalue weighted by Crippen LogP contribution is -2.20. The van der Waals surface area contributed by atoms with Gasteiger partial charge in [-0.3, -0.25) is 4.79 Å². The highest BCUT2D eigenvalue weighted by atomic mass is 35.5. The van der Waals surface area contributed by atoms with E-state index < -0.39 is 12.0 Å². The highest BCUT2D eigenvalue weighted by molar-refractivity contribution is 7.13. The van der Waals surface area contributed by atoms with E-state index in [4.69, 9.17) is 27.7 Å². The number of aromatic nitrogens is 1. The van der Waals surface area contributed by atoms with Crippen LogP contribution in [0.1, 0.15) is 17.3 Å². The zero-order valence-corrected chi connectivity index (χ0v) is 11.6. The summed E-state index contributed by atoms with van der Waals surface area (Å²) in [4.78, 5) is 14.8. The normalized spacial score (nSPS) is 11.7. The van der Waals surface area contributed by atoms with Gasteiger partial charge in [0.25, 0.3) is 0 Å². The van der Waals surface area contributed by atoms with E-state index in [0.29, 0.717) is 21.4 Å². The Balaban J connectivity index is 2.17. The Morgan fingerprint density at radius 1 is 1.60 bits per heavy atom. The summed E-state index contributed by atoms with van der Waals surface area (Å²) >= 11 is 7.15. The topological polar surface area (TPSA) is 112 Å². The molecule has 4 N–H and O–H groups in total. The van der Waals surface area contributed by atoms with Gasteiger partial charge in [0.05, 0.1) is 16.3 Å². The largest absolute Gasteiger partial charge is 0.480 e. The molecule has 2 rings (SSSR count). The van der Waals surface area contributed by atoms with Crippen LogP contribution < -0.4 is 11.1 Å². The summed E-state index contributed by atoms with van der Waals surface area (Å²) in [5, 5.41) is 23.0. The molecule has 0 saturated carbocycles. The van der Waals surface area contributed by atoms with Crippen LogP contribution in [0.4, 0.5) is 10.8 Å². The molecular formula is C12H9ClN4O2S. The number of benzene rings is 1. The number of halogens is 1. The fraction of sp³-hybridized carbons (Fsp3) is 0.0833. The molecule has 0 saturated heterocycles. The van der Waals surface area contributed by atoms with E-state index >= 15 is 0 Å². The van der Waals surface area contributed by atoms with Gasteiger partial charge in [0.15, 0.2) is 5.13 Å². The summed E-state index contributed by atoms with van der Waals surface area (Å²) in [7, 11) is 0.